The van der Waals surface area contributed by atoms with Crippen molar-refractivity contribution in [1.29, 1.82) is 0 Å². The zero-order valence-electron chi connectivity index (χ0n) is 16.4. The standard InChI is InChI=1S/C21H34N4O/c1-2-25-19-11-10-17(23-12-6-3-4-7-13-23)16-18(19)20(22-25)21(26)24-14-8-5-9-15-24/h17H,2-16H2,1H3. The van der Waals surface area contributed by atoms with Gasteiger partial charge < -0.3 is 9.80 Å². The van der Waals surface area contributed by atoms with E-state index < -0.39 is 0 Å². The maximum Gasteiger partial charge on any atom is 0.274 e. The molecule has 26 heavy (non-hydrogen) atoms. The molecule has 2 fully saturated rings. The summed E-state index contributed by atoms with van der Waals surface area (Å²) in [6.45, 7) is 7.28. The van der Waals surface area contributed by atoms with Crippen LogP contribution >= 0.6 is 0 Å². The van der Waals surface area contributed by atoms with Crippen molar-refractivity contribution in [3.05, 3.63) is 17.0 Å². The number of aromatic nitrogens is 2. The number of fused-ring (bicyclic) bond motifs is 1. The van der Waals surface area contributed by atoms with Gasteiger partial charge in [-0.3, -0.25) is 9.48 Å². The number of carbonyl (C=O) groups is 1. The van der Waals surface area contributed by atoms with Crippen LogP contribution in [0.2, 0.25) is 0 Å². The van der Waals surface area contributed by atoms with Crippen LogP contribution in [0.5, 0.6) is 0 Å². The second-order valence-corrected chi connectivity index (χ2v) is 8.29. The Hall–Kier alpha value is -1.36. The molecule has 3 heterocycles. The Morgan fingerprint density at radius 1 is 1.00 bits per heavy atom. The van der Waals surface area contributed by atoms with Gasteiger partial charge in [0.2, 0.25) is 0 Å². The normalized spacial score (nSPS) is 25.0. The van der Waals surface area contributed by atoms with Gasteiger partial charge in [-0.1, -0.05) is 12.8 Å². The van der Waals surface area contributed by atoms with Gasteiger partial charge >= 0.3 is 0 Å². The quantitative estimate of drug-likeness (QED) is 0.833. The second kappa shape index (κ2) is 8.12. The van der Waals surface area contributed by atoms with Crippen molar-refractivity contribution in [3.8, 4) is 0 Å². The van der Waals surface area contributed by atoms with Crippen LogP contribution in [-0.2, 0) is 19.4 Å². The molecule has 1 unspecified atom stereocenters. The first-order chi connectivity index (χ1) is 12.8. The largest absolute Gasteiger partial charge is 0.337 e. The van der Waals surface area contributed by atoms with Gasteiger partial charge in [0.15, 0.2) is 5.69 Å². The summed E-state index contributed by atoms with van der Waals surface area (Å²) >= 11 is 0. The predicted molar refractivity (Wildman–Crippen MR) is 104 cm³/mol. The third-order valence-electron chi connectivity index (χ3n) is 6.62. The van der Waals surface area contributed by atoms with E-state index in [4.69, 9.17) is 5.10 Å². The molecule has 0 radical (unpaired) electrons. The zero-order chi connectivity index (χ0) is 17.9. The van der Waals surface area contributed by atoms with Crippen LogP contribution in [0.3, 0.4) is 0 Å². The van der Waals surface area contributed by atoms with Crippen LogP contribution in [0.1, 0.15) is 80.0 Å². The van der Waals surface area contributed by atoms with E-state index in [9.17, 15) is 4.79 Å². The van der Waals surface area contributed by atoms with Crippen molar-refractivity contribution in [3.63, 3.8) is 0 Å². The van der Waals surface area contributed by atoms with Crippen LogP contribution in [0.15, 0.2) is 0 Å². The maximum atomic E-state index is 13.2. The first-order valence-corrected chi connectivity index (χ1v) is 10.9. The molecule has 0 saturated carbocycles. The lowest BCUT2D eigenvalue weighted by atomic mass is 9.89. The van der Waals surface area contributed by atoms with Crippen LogP contribution in [0.4, 0.5) is 0 Å². The number of hydrogen-bond donors (Lipinski definition) is 0. The summed E-state index contributed by atoms with van der Waals surface area (Å²) in [7, 11) is 0. The number of rotatable bonds is 3. The number of carbonyl (C=O) groups excluding carboxylic acids is 1. The molecule has 5 heteroatoms. The highest BCUT2D eigenvalue weighted by atomic mass is 16.2. The zero-order valence-corrected chi connectivity index (χ0v) is 16.4. The molecule has 0 N–H and O–H groups in total. The molecule has 1 atom stereocenters. The Kier molecular flexibility index (Phi) is 5.63. The van der Waals surface area contributed by atoms with E-state index in [1.54, 1.807) is 0 Å². The monoisotopic (exact) mass is 358 g/mol. The number of likely N-dealkylation sites (tertiary alicyclic amines) is 2. The summed E-state index contributed by atoms with van der Waals surface area (Å²) in [6, 6.07) is 0.600. The van der Waals surface area contributed by atoms with Gasteiger partial charge in [0.05, 0.1) is 0 Å². The number of piperidine rings is 1. The average molecular weight is 359 g/mol. The Morgan fingerprint density at radius 3 is 2.35 bits per heavy atom. The summed E-state index contributed by atoms with van der Waals surface area (Å²) in [6.07, 6.45) is 12.3. The molecule has 144 valence electrons. The van der Waals surface area contributed by atoms with Crippen molar-refractivity contribution in [1.82, 2.24) is 19.6 Å². The lowest BCUT2D eigenvalue weighted by Crippen LogP contribution is -2.41. The van der Waals surface area contributed by atoms with Gasteiger partial charge in [-0.2, -0.15) is 5.10 Å². The molecular weight excluding hydrogens is 324 g/mol. The predicted octanol–water partition coefficient (Wildman–Crippen LogP) is 3.26. The van der Waals surface area contributed by atoms with E-state index in [-0.39, 0.29) is 5.91 Å². The molecular formula is C21H34N4O. The van der Waals surface area contributed by atoms with E-state index >= 15 is 0 Å². The molecule has 0 bridgehead atoms. The molecule has 1 aromatic heterocycles. The number of aryl methyl sites for hydroxylation is 1. The molecule has 0 aromatic carbocycles. The summed E-state index contributed by atoms with van der Waals surface area (Å²) in [5.74, 6) is 0.185. The van der Waals surface area contributed by atoms with Gasteiger partial charge in [0, 0.05) is 36.9 Å². The topological polar surface area (TPSA) is 41.4 Å². The van der Waals surface area contributed by atoms with E-state index in [1.165, 1.54) is 62.9 Å². The van der Waals surface area contributed by atoms with E-state index in [0.717, 1.165) is 51.0 Å². The molecule has 0 spiro atoms. The molecule has 4 rings (SSSR count). The van der Waals surface area contributed by atoms with Crippen molar-refractivity contribution in [2.45, 2.75) is 83.7 Å². The molecule has 3 aliphatic rings. The highest BCUT2D eigenvalue weighted by molar-refractivity contribution is 5.94. The number of nitrogens with zero attached hydrogens (tertiary/aromatic N) is 4. The van der Waals surface area contributed by atoms with Gasteiger partial charge in [-0.15, -0.1) is 0 Å². The summed E-state index contributed by atoms with van der Waals surface area (Å²) in [4.78, 5) is 17.9. The summed E-state index contributed by atoms with van der Waals surface area (Å²) < 4.78 is 2.10. The lowest BCUT2D eigenvalue weighted by molar-refractivity contribution is 0.0715. The lowest BCUT2D eigenvalue weighted by Gasteiger charge is -2.34. The van der Waals surface area contributed by atoms with Crippen molar-refractivity contribution < 1.29 is 4.79 Å². The Morgan fingerprint density at radius 2 is 1.65 bits per heavy atom. The van der Waals surface area contributed by atoms with Gasteiger partial charge in [0.25, 0.3) is 5.91 Å². The van der Waals surface area contributed by atoms with Gasteiger partial charge in [-0.05, 0) is 71.4 Å². The first kappa shape index (κ1) is 18.0. The highest BCUT2D eigenvalue weighted by Crippen LogP contribution is 2.30. The smallest absolute Gasteiger partial charge is 0.274 e. The Bertz CT molecular complexity index is 624. The number of amides is 1. The molecule has 2 aliphatic heterocycles. The maximum absolute atomic E-state index is 13.2. The fraction of sp³-hybridized carbons (Fsp3) is 0.810. The van der Waals surface area contributed by atoms with Crippen LogP contribution in [0, 0.1) is 0 Å². The minimum atomic E-state index is 0.185. The first-order valence-electron chi connectivity index (χ1n) is 10.9. The minimum absolute atomic E-state index is 0.185. The molecule has 2 saturated heterocycles. The Balaban J connectivity index is 1.57. The van der Waals surface area contributed by atoms with Crippen molar-refractivity contribution in [2.75, 3.05) is 26.2 Å². The second-order valence-electron chi connectivity index (χ2n) is 8.29. The SMILES string of the molecule is CCn1nc(C(=O)N2CCCCC2)c2c1CCC(N1CCCCCC1)C2. The fourth-order valence-electron chi connectivity index (χ4n) is 5.12. The molecule has 1 aromatic rings. The fourth-order valence-corrected chi connectivity index (χ4v) is 5.12. The molecule has 5 nitrogen and oxygen atoms in total. The van der Waals surface area contributed by atoms with E-state index in [1.807, 2.05) is 4.90 Å². The molecule has 1 amide bonds. The third kappa shape index (κ3) is 3.55. The van der Waals surface area contributed by atoms with Crippen molar-refractivity contribution >= 4 is 5.91 Å². The summed E-state index contributed by atoms with van der Waals surface area (Å²) in [5, 5.41) is 4.79. The van der Waals surface area contributed by atoms with Crippen molar-refractivity contribution in [2.24, 2.45) is 0 Å². The van der Waals surface area contributed by atoms with Crippen LogP contribution in [-0.4, -0.2) is 57.7 Å². The Labute approximate surface area is 157 Å². The highest BCUT2D eigenvalue weighted by Gasteiger charge is 2.33. The average Bonchev–Trinajstić information content (AvgIpc) is 2.86. The minimum Gasteiger partial charge on any atom is -0.337 e. The van der Waals surface area contributed by atoms with Gasteiger partial charge in [-0.25, -0.2) is 0 Å². The van der Waals surface area contributed by atoms with E-state index in [0.29, 0.717) is 6.04 Å². The van der Waals surface area contributed by atoms with Crippen LogP contribution in [0.25, 0.3) is 0 Å². The molecule has 1 aliphatic carbocycles. The van der Waals surface area contributed by atoms with E-state index in [2.05, 4.69) is 16.5 Å². The summed E-state index contributed by atoms with van der Waals surface area (Å²) in [5.41, 5.74) is 3.37. The van der Waals surface area contributed by atoms with Crippen LogP contribution < -0.4 is 0 Å². The number of hydrogen-bond acceptors (Lipinski definition) is 3. The van der Waals surface area contributed by atoms with Gasteiger partial charge in [0.1, 0.15) is 0 Å². The third-order valence-corrected chi connectivity index (χ3v) is 6.62.